The predicted molar refractivity (Wildman–Crippen MR) is 102 cm³/mol. The molecule has 0 radical (unpaired) electrons. The largest absolute Gasteiger partial charge is 0.370 e. The number of hydrogen-bond donors (Lipinski definition) is 2. The van der Waals surface area contributed by atoms with Gasteiger partial charge in [-0.15, -0.1) is 24.0 Å². The first kappa shape index (κ1) is 17.0. The van der Waals surface area contributed by atoms with Crippen LogP contribution < -0.4 is 11.1 Å². The maximum atomic E-state index is 5.90. The van der Waals surface area contributed by atoms with Crippen LogP contribution in [0.1, 0.15) is 24.3 Å². The fourth-order valence-corrected chi connectivity index (χ4v) is 2.62. The second-order valence-electron chi connectivity index (χ2n) is 5.23. The van der Waals surface area contributed by atoms with E-state index in [0.717, 1.165) is 17.9 Å². The number of benzene rings is 1. The van der Waals surface area contributed by atoms with Crippen LogP contribution in [0, 0.1) is 0 Å². The van der Waals surface area contributed by atoms with E-state index in [2.05, 4.69) is 27.4 Å². The second-order valence-corrected chi connectivity index (χ2v) is 5.66. The second kappa shape index (κ2) is 7.78. The number of halogens is 2. The standard InChI is InChI=1S/C16H17ClN4.HI/c17-13-6-4-11(5-7-13)12-9-14(10-12)20-16(18)21-15-3-1-2-8-19-15;/h1-8,12,14H,9-10H2,(H3,18,19,20,21);1H. The third-order valence-electron chi connectivity index (χ3n) is 3.70. The number of guanidine groups is 1. The lowest BCUT2D eigenvalue weighted by atomic mass is 9.76. The quantitative estimate of drug-likeness (QED) is 0.441. The fourth-order valence-electron chi connectivity index (χ4n) is 2.50. The van der Waals surface area contributed by atoms with Crippen molar-refractivity contribution in [3.05, 3.63) is 59.2 Å². The van der Waals surface area contributed by atoms with Crippen LogP contribution in [0.4, 0.5) is 5.82 Å². The molecule has 0 bridgehead atoms. The van der Waals surface area contributed by atoms with Gasteiger partial charge >= 0.3 is 0 Å². The van der Waals surface area contributed by atoms with Crippen molar-refractivity contribution in [1.82, 2.24) is 4.98 Å². The van der Waals surface area contributed by atoms with Crippen molar-refractivity contribution in [2.24, 2.45) is 10.7 Å². The maximum absolute atomic E-state index is 5.90. The zero-order valence-corrected chi connectivity index (χ0v) is 15.0. The molecule has 0 amide bonds. The van der Waals surface area contributed by atoms with E-state index in [4.69, 9.17) is 17.3 Å². The molecule has 6 heteroatoms. The van der Waals surface area contributed by atoms with Crippen LogP contribution in [0.5, 0.6) is 0 Å². The molecule has 1 fully saturated rings. The highest BCUT2D eigenvalue weighted by Crippen LogP contribution is 2.39. The molecule has 0 saturated heterocycles. The average molecular weight is 429 g/mol. The smallest absolute Gasteiger partial charge is 0.194 e. The molecular weight excluding hydrogens is 411 g/mol. The Morgan fingerprint density at radius 1 is 1.18 bits per heavy atom. The summed E-state index contributed by atoms with van der Waals surface area (Å²) >= 11 is 5.90. The third kappa shape index (κ3) is 4.33. The summed E-state index contributed by atoms with van der Waals surface area (Å²) in [5.41, 5.74) is 7.22. The Balaban J connectivity index is 0.00000176. The first-order chi connectivity index (χ1) is 10.2. The Morgan fingerprint density at radius 3 is 2.55 bits per heavy atom. The summed E-state index contributed by atoms with van der Waals surface area (Å²) in [4.78, 5) is 8.64. The zero-order valence-electron chi connectivity index (χ0n) is 11.9. The van der Waals surface area contributed by atoms with E-state index in [1.54, 1.807) is 6.20 Å². The molecule has 1 aromatic carbocycles. The van der Waals surface area contributed by atoms with Gasteiger partial charge in [0.1, 0.15) is 5.82 Å². The highest BCUT2D eigenvalue weighted by atomic mass is 127. The van der Waals surface area contributed by atoms with Crippen LogP contribution in [-0.2, 0) is 0 Å². The monoisotopic (exact) mass is 428 g/mol. The Labute approximate surface area is 152 Å². The highest BCUT2D eigenvalue weighted by molar-refractivity contribution is 14.0. The molecule has 4 nitrogen and oxygen atoms in total. The lowest BCUT2D eigenvalue weighted by Crippen LogP contribution is -2.31. The molecule has 2 aromatic rings. The van der Waals surface area contributed by atoms with Crippen LogP contribution >= 0.6 is 35.6 Å². The number of hydrogen-bond acceptors (Lipinski definition) is 2. The minimum absolute atomic E-state index is 0. The Bertz CT molecular complexity index is 624. The minimum Gasteiger partial charge on any atom is -0.370 e. The summed E-state index contributed by atoms with van der Waals surface area (Å²) in [7, 11) is 0. The van der Waals surface area contributed by atoms with Crippen LogP contribution in [-0.4, -0.2) is 17.0 Å². The number of rotatable bonds is 3. The molecule has 116 valence electrons. The molecular formula is C16H18ClIN4. The van der Waals surface area contributed by atoms with Gasteiger partial charge in [-0.1, -0.05) is 29.8 Å². The Kier molecular flexibility index (Phi) is 6.02. The molecule has 0 aliphatic heterocycles. The van der Waals surface area contributed by atoms with Crippen molar-refractivity contribution < 1.29 is 0 Å². The lowest BCUT2D eigenvalue weighted by Gasteiger charge is -2.33. The molecule has 1 heterocycles. The van der Waals surface area contributed by atoms with E-state index in [0.29, 0.717) is 17.7 Å². The number of anilines is 1. The highest BCUT2D eigenvalue weighted by Gasteiger charge is 2.30. The van der Waals surface area contributed by atoms with Gasteiger partial charge in [0.2, 0.25) is 0 Å². The van der Waals surface area contributed by atoms with Crippen LogP contribution in [0.15, 0.2) is 53.7 Å². The fraction of sp³-hybridized carbons (Fsp3) is 0.250. The number of nitrogens with two attached hydrogens (primary N) is 1. The normalized spacial score (nSPS) is 20.7. The van der Waals surface area contributed by atoms with E-state index >= 15 is 0 Å². The SMILES string of the molecule is I.NC(=NC1CC(c2ccc(Cl)cc2)C1)Nc1ccccn1. The van der Waals surface area contributed by atoms with Gasteiger partial charge in [0, 0.05) is 11.2 Å². The topological polar surface area (TPSA) is 63.3 Å². The van der Waals surface area contributed by atoms with Gasteiger partial charge in [0.15, 0.2) is 5.96 Å². The van der Waals surface area contributed by atoms with Crippen molar-refractivity contribution in [3.63, 3.8) is 0 Å². The van der Waals surface area contributed by atoms with Gasteiger partial charge in [0.25, 0.3) is 0 Å². The van der Waals surface area contributed by atoms with E-state index in [9.17, 15) is 0 Å². The van der Waals surface area contributed by atoms with Crippen LogP contribution in [0.3, 0.4) is 0 Å². The number of aromatic nitrogens is 1. The van der Waals surface area contributed by atoms with Gasteiger partial charge < -0.3 is 11.1 Å². The predicted octanol–water partition coefficient (Wildman–Crippen LogP) is 4.03. The molecule has 3 N–H and O–H groups in total. The molecule has 1 aliphatic rings. The summed E-state index contributed by atoms with van der Waals surface area (Å²) in [6.07, 6.45) is 3.76. The molecule has 3 rings (SSSR count). The van der Waals surface area contributed by atoms with Gasteiger partial charge in [-0.3, -0.25) is 0 Å². The molecule has 0 spiro atoms. The molecule has 1 aromatic heterocycles. The summed E-state index contributed by atoms with van der Waals surface area (Å²) in [6, 6.07) is 13.9. The first-order valence-electron chi connectivity index (χ1n) is 6.97. The molecule has 22 heavy (non-hydrogen) atoms. The average Bonchev–Trinajstić information content (AvgIpc) is 2.45. The number of aliphatic imine (C=N–C) groups is 1. The van der Waals surface area contributed by atoms with Gasteiger partial charge in [0.05, 0.1) is 6.04 Å². The summed E-state index contributed by atoms with van der Waals surface area (Å²) < 4.78 is 0. The van der Waals surface area contributed by atoms with Crippen molar-refractivity contribution in [2.45, 2.75) is 24.8 Å². The molecule has 1 aliphatic carbocycles. The summed E-state index contributed by atoms with van der Waals surface area (Å²) in [5.74, 6) is 1.69. The molecule has 0 atom stereocenters. The zero-order chi connectivity index (χ0) is 14.7. The van der Waals surface area contributed by atoms with Crippen LogP contribution in [0.25, 0.3) is 0 Å². The summed E-state index contributed by atoms with van der Waals surface area (Å²) in [5, 5.41) is 3.78. The van der Waals surface area contributed by atoms with E-state index < -0.39 is 0 Å². The Morgan fingerprint density at radius 2 is 1.91 bits per heavy atom. The maximum Gasteiger partial charge on any atom is 0.194 e. The number of nitrogens with zero attached hydrogens (tertiary/aromatic N) is 2. The Hall–Kier alpha value is -1.34. The van der Waals surface area contributed by atoms with Gasteiger partial charge in [-0.25, -0.2) is 9.98 Å². The van der Waals surface area contributed by atoms with Gasteiger partial charge in [-0.05, 0) is 48.6 Å². The number of nitrogens with one attached hydrogen (secondary N) is 1. The first-order valence-corrected chi connectivity index (χ1v) is 7.35. The molecule has 0 unspecified atom stereocenters. The van der Waals surface area contributed by atoms with E-state index in [1.165, 1.54) is 5.56 Å². The minimum atomic E-state index is 0. The van der Waals surface area contributed by atoms with Crippen LogP contribution in [0.2, 0.25) is 5.02 Å². The van der Waals surface area contributed by atoms with E-state index in [1.807, 2.05) is 30.3 Å². The summed E-state index contributed by atoms with van der Waals surface area (Å²) in [6.45, 7) is 0. The number of pyridine rings is 1. The third-order valence-corrected chi connectivity index (χ3v) is 3.95. The van der Waals surface area contributed by atoms with Crippen molar-refractivity contribution in [1.29, 1.82) is 0 Å². The van der Waals surface area contributed by atoms with Crippen molar-refractivity contribution in [2.75, 3.05) is 5.32 Å². The van der Waals surface area contributed by atoms with Gasteiger partial charge in [-0.2, -0.15) is 0 Å². The van der Waals surface area contributed by atoms with Crippen molar-refractivity contribution in [3.8, 4) is 0 Å². The molecule has 1 saturated carbocycles. The van der Waals surface area contributed by atoms with E-state index in [-0.39, 0.29) is 30.0 Å². The lowest BCUT2D eigenvalue weighted by molar-refractivity contribution is 0.353. The van der Waals surface area contributed by atoms with Crippen molar-refractivity contribution >= 4 is 47.4 Å².